The molecule has 100 valence electrons. The minimum Gasteiger partial charge on any atom is -0.506 e. The maximum Gasteiger partial charge on any atom is 0.242 e. The molecule has 6 heteroatoms. The first-order chi connectivity index (χ1) is 8.32. The van der Waals surface area contributed by atoms with Gasteiger partial charge in [-0.3, -0.25) is 0 Å². The molecule has 2 rings (SSSR count). The maximum absolute atomic E-state index is 12.3. The molecular formula is C12H18N2O3S. The molecule has 3 N–H and O–H groups in total. The van der Waals surface area contributed by atoms with Crippen molar-refractivity contribution in [1.82, 2.24) is 4.31 Å². The molecule has 1 aromatic carbocycles. The Morgan fingerprint density at radius 2 is 2.11 bits per heavy atom. The van der Waals surface area contributed by atoms with Crippen LogP contribution in [0, 0.1) is 11.8 Å². The summed E-state index contributed by atoms with van der Waals surface area (Å²) in [6, 6.07) is 3.96. The normalized spacial score (nSPS) is 23.3. The zero-order valence-corrected chi connectivity index (χ0v) is 11.3. The molecule has 1 aliphatic rings. The van der Waals surface area contributed by atoms with Crippen LogP contribution in [0.4, 0.5) is 5.69 Å². The highest BCUT2D eigenvalue weighted by atomic mass is 32.2. The van der Waals surface area contributed by atoms with Crippen molar-refractivity contribution in [3.63, 3.8) is 0 Å². The molecule has 18 heavy (non-hydrogen) atoms. The summed E-state index contributed by atoms with van der Waals surface area (Å²) in [4.78, 5) is 0.119. The first-order valence-electron chi connectivity index (χ1n) is 5.87. The Labute approximate surface area is 107 Å². The SMILES string of the molecule is CC1CC1CN(C)S(=O)(=O)c1ccc(O)c(N)c1. The zero-order chi connectivity index (χ0) is 13.5. The Morgan fingerprint density at radius 1 is 1.50 bits per heavy atom. The number of nitrogens with two attached hydrogens (primary N) is 1. The van der Waals surface area contributed by atoms with Crippen molar-refractivity contribution in [1.29, 1.82) is 0 Å². The summed E-state index contributed by atoms with van der Waals surface area (Å²) in [5.41, 5.74) is 5.59. The van der Waals surface area contributed by atoms with Crippen LogP contribution >= 0.6 is 0 Å². The molecule has 0 spiro atoms. The molecule has 5 nitrogen and oxygen atoms in total. The molecular weight excluding hydrogens is 252 g/mol. The zero-order valence-electron chi connectivity index (χ0n) is 10.5. The molecule has 1 fully saturated rings. The highest BCUT2D eigenvalue weighted by Gasteiger charge is 2.36. The number of sulfonamides is 1. The van der Waals surface area contributed by atoms with E-state index in [0.29, 0.717) is 18.4 Å². The fourth-order valence-corrected chi connectivity index (χ4v) is 3.22. The number of hydrogen-bond acceptors (Lipinski definition) is 4. The molecule has 2 unspecified atom stereocenters. The van der Waals surface area contributed by atoms with Crippen molar-refractivity contribution in [3.05, 3.63) is 18.2 Å². The Hall–Kier alpha value is -1.27. The molecule has 0 amide bonds. The number of nitrogens with zero attached hydrogens (tertiary/aromatic N) is 1. The minimum absolute atomic E-state index is 0.0734. The van der Waals surface area contributed by atoms with E-state index >= 15 is 0 Å². The van der Waals surface area contributed by atoms with Gasteiger partial charge in [-0.2, -0.15) is 0 Å². The Kier molecular flexibility index (Phi) is 3.25. The van der Waals surface area contributed by atoms with E-state index in [2.05, 4.69) is 6.92 Å². The first-order valence-corrected chi connectivity index (χ1v) is 7.31. The molecule has 0 heterocycles. The standard InChI is InChI=1S/C12H18N2O3S/c1-8-5-9(8)7-14(2)18(16,17)10-3-4-12(15)11(13)6-10/h3-4,6,8-9,15H,5,7,13H2,1-2H3. The van der Waals surface area contributed by atoms with Crippen molar-refractivity contribution in [3.8, 4) is 5.75 Å². The van der Waals surface area contributed by atoms with Crippen molar-refractivity contribution in [2.45, 2.75) is 18.2 Å². The fourth-order valence-electron chi connectivity index (χ4n) is 1.95. The van der Waals surface area contributed by atoms with E-state index in [1.54, 1.807) is 7.05 Å². The molecule has 1 aliphatic carbocycles. The smallest absolute Gasteiger partial charge is 0.242 e. The molecule has 0 bridgehead atoms. The molecule has 0 aromatic heterocycles. The van der Waals surface area contributed by atoms with Gasteiger partial charge in [0.25, 0.3) is 0 Å². The number of rotatable bonds is 4. The second-order valence-electron chi connectivity index (χ2n) is 4.98. The van der Waals surface area contributed by atoms with Gasteiger partial charge in [0.2, 0.25) is 10.0 Å². The molecule has 0 saturated heterocycles. The van der Waals surface area contributed by atoms with Crippen LogP contribution in [0.15, 0.2) is 23.1 Å². The predicted molar refractivity (Wildman–Crippen MR) is 69.6 cm³/mol. The van der Waals surface area contributed by atoms with Crippen LogP contribution in [-0.2, 0) is 10.0 Å². The summed E-state index contributed by atoms with van der Waals surface area (Å²) in [7, 11) is -1.94. The van der Waals surface area contributed by atoms with Crippen LogP contribution < -0.4 is 5.73 Å². The quantitative estimate of drug-likeness (QED) is 0.637. The van der Waals surface area contributed by atoms with Crippen LogP contribution in [0.25, 0.3) is 0 Å². The highest BCUT2D eigenvalue weighted by Crippen LogP contribution is 2.38. The van der Waals surface area contributed by atoms with Gasteiger partial charge in [0.15, 0.2) is 0 Å². The van der Waals surface area contributed by atoms with Crippen LogP contribution in [0.2, 0.25) is 0 Å². The van der Waals surface area contributed by atoms with E-state index in [1.807, 2.05) is 0 Å². The summed E-state index contributed by atoms with van der Waals surface area (Å²) in [6.07, 6.45) is 1.08. The van der Waals surface area contributed by atoms with Crippen molar-refractivity contribution in [2.75, 3.05) is 19.3 Å². The summed E-state index contributed by atoms with van der Waals surface area (Å²) in [6.45, 7) is 2.65. The van der Waals surface area contributed by atoms with E-state index in [1.165, 1.54) is 22.5 Å². The first kappa shape index (κ1) is 13.2. The summed E-state index contributed by atoms with van der Waals surface area (Å²) < 4.78 is 25.9. The van der Waals surface area contributed by atoms with Crippen LogP contribution in [-0.4, -0.2) is 31.4 Å². The molecule has 0 aliphatic heterocycles. The number of benzene rings is 1. The number of anilines is 1. The van der Waals surface area contributed by atoms with Crippen molar-refractivity contribution < 1.29 is 13.5 Å². The number of hydrogen-bond donors (Lipinski definition) is 2. The minimum atomic E-state index is -3.51. The van der Waals surface area contributed by atoms with E-state index in [0.717, 1.165) is 6.42 Å². The third-order valence-electron chi connectivity index (χ3n) is 3.47. The lowest BCUT2D eigenvalue weighted by Gasteiger charge is -2.17. The monoisotopic (exact) mass is 270 g/mol. The molecule has 1 aromatic rings. The van der Waals surface area contributed by atoms with Gasteiger partial charge in [-0.1, -0.05) is 6.92 Å². The Morgan fingerprint density at radius 3 is 2.61 bits per heavy atom. The second-order valence-corrected chi connectivity index (χ2v) is 7.02. The number of aromatic hydroxyl groups is 1. The Balaban J connectivity index is 2.21. The highest BCUT2D eigenvalue weighted by molar-refractivity contribution is 7.89. The third kappa shape index (κ3) is 2.44. The molecule has 0 radical (unpaired) electrons. The average Bonchev–Trinajstić information content (AvgIpc) is 2.98. The number of nitrogen functional groups attached to an aromatic ring is 1. The summed E-state index contributed by atoms with van der Waals surface area (Å²) >= 11 is 0. The topological polar surface area (TPSA) is 83.6 Å². The fraction of sp³-hybridized carbons (Fsp3) is 0.500. The van der Waals surface area contributed by atoms with Crippen LogP contribution in [0.3, 0.4) is 0 Å². The summed E-state index contributed by atoms with van der Waals surface area (Å²) in [5.74, 6) is 0.958. The van der Waals surface area contributed by atoms with Crippen LogP contribution in [0.1, 0.15) is 13.3 Å². The van der Waals surface area contributed by atoms with Gasteiger partial charge >= 0.3 is 0 Å². The lowest BCUT2D eigenvalue weighted by atomic mass is 10.3. The van der Waals surface area contributed by atoms with Gasteiger partial charge in [0.05, 0.1) is 10.6 Å². The average molecular weight is 270 g/mol. The van der Waals surface area contributed by atoms with Gasteiger partial charge in [0, 0.05) is 13.6 Å². The number of phenols is 1. The Bertz CT molecular complexity index is 556. The van der Waals surface area contributed by atoms with Gasteiger partial charge < -0.3 is 10.8 Å². The van der Waals surface area contributed by atoms with Gasteiger partial charge in [-0.05, 0) is 36.5 Å². The number of phenolic OH excluding ortho intramolecular Hbond substituents is 1. The summed E-state index contributed by atoms with van der Waals surface area (Å²) in [5, 5.41) is 9.30. The molecule has 2 atom stereocenters. The van der Waals surface area contributed by atoms with Crippen molar-refractivity contribution >= 4 is 15.7 Å². The van der Waals surface area contributed by atoms with E-state index in [9.17, 15) is 13.5 Å². The lowest BCUT2D eigenvalue weighted by Crippen LogP contribution is -2.29. The van der Waals surface area contributed by atoms with Crippen LogP contribution in [0.5, 0.6) is 5.75 Å². The third-order valence-corrected chi connectivity index (χ3v) is 5.29. The van der Waals surface area contributed by atoms with E-state index in [4.69, 9.17) is 5.73 Å². The van der Waals surface area contributed by atoms with Gasteiger partial charge in [0.1, 0.15) is 5.75 Å². The molecule has 1 saturated carbocycles. The largest absolute Gasteiger partial charge is 0.506 e. The van der Waals surface area contributed by atoms with Gasteiger partial charge in [-0.25, -0.2) is 12.7 Å². The van der Waals surface area contributed by atoms with E-state index in [-0.39, 0.29) is 16.3 Å². The lowest BCUT2D eigenvalue weighted by molar-refractivity contribution is 0.444. The second kappa shape index (κ2) is 4.44. The van der Waals surface area contributed by atoms with Crippen molar-refractivity contribution in [2.24, 2.45) is 11.8 Å². The predicted octanol–water partition coefficient (Wildman–Crippen LogP) is 1.25. The van der Waals surface area contributed by atoms with Gasteiger partial charge in [-0.15, -0.1) is 0 Å². The maximum atomic E-state index is 12.3. The van der Waals surface area contributed by atoms with E-state index < -0.39 is 10.0 Å².